The number of methoxy groups -OCH3 is 1. The third-order valence-electron chi connectivity index (χ3n) is 5.88. The Kier molecular flexibility index (Phi) is 6.21. The second kappa shape index (κ2) is 8.89. The van der Waals surface area contributed by atoms with Gasteiger partial charge in [0.15, 0.2) is 0 Å². The van der Waals surface area contributed by atoms with E-state index in [1.165, 1.54) is 19.2 Å². The van der Waals surface area contributed by atoms with Gasteiger partial charge in [-0.25, -0.2) is 0 Å². The number of aliphatic hydroxyl groups is 1. The lowest BCUT2D eigenvalue weighted by molar-refractivity contribution is -0.141. The third-order valence-corrected chi connectivity index (χ3v) is 6.38. The molecule has 1 atom stereocenters. The molecular formula is C23H22Cl2N2O4. The van der Waals surface area contributed by atoms with Crippen LogP contribution in [0.3, 0.4) is 0 Å². The SMILES string of the molecule is COc1c(Cl)cc(Cl)cc1/C(O)=C1\C(=O)C(=O)N(C2CCCCC2)C1c1ccccn1. The highest BCUT2D eigenvalue weighted by Gasteiger charge is 2.49. The zero-order valence-electron chi connectivity index (χ0n) is 17.0. The van der Waals surface area contributed by atoms with Crippen molar-refractivity contribution in [3.8, 4) is 5.75 Å². The van der Waals surface area contributed by atoms with E-state index in [4.69, 9.17) is 27.9 Å². The lowest BCUT2D eigenvalue weighted by atomic mass is 9.92. The Hall–Kier alpha value is -2.57. The first-order valence-corrected chi connectivity index (χ1v) is 10.9. The van der Waals surface area contributed by atoms with E-state index in [-0.39, 0.29) is 38.7 Å². The van der Waals surface area contributed by atoms with Gasteiger partial charge >= 0.3 is 0 Å². The minimum absolute atomic E-state index is 0.0362. The summed E-state index contributed by atoms with van der Waals surface area (Å²) in [5.41, 5.74) is 0.634. The fourth-order valence-corrected chi connectivity index (χ4v) is 5.07. The number of hydrogen-bond donors (Lipinski definition) is 1. The van der Waals surface area contributed by atoms with Crippen molar-refractivity contribution in [2.45, 2.75) is 44.2 Å². The van der Waals surface area contributed by atoms with Crippen LogP contribution in [0.1, 0.15) is 49.4 Å². The maximum absolute atomic E-state index is 13.2. The van der Waals surface area contributed by atoms with E-state index in [9.17, 15) is 14.7 Å². The molecule has 1 aromatic carbocycles. The number of amides is 1. The zero-order valence-corrected chi connectivity index (χ0v) is 18.5. The molecule has 0 radical (unpaired) electrons. The van der Waals surface area contributed by atoms with E-state index in [1.54, 1.807) is 29.3 Å². The van der Waals surface area contributed by atoms with Gasteiger partial charge < -0.3 is 14.7 Å². The lowest BCUT2D eigenvalue weighted by Gasteiger charge is -2.35. The highest BCUT2D eigenvalue weighted by atomic mass is 35.5. The molecule has 1 saturated carbocycles. The second-order valence-electron chi connectivity index (χ2n) is 7.72. The van der Waals surface area contributed by atoms with Gasteiger partial charge in [0.25, 0.3) is 11.7 Å². The maximum Gasteiger partial charge on any atom is 0.295 e. The van der Waals surface area contributed by atoms with Crippen LogP contribution in [0.15, 0.2) is 42.1 Å². The molecule has 2 fully saturated rings. The highest BCUT2D eigenvalue weighted by Crippen LogP contribution is 2.44. The van der Waals surface area contributed by atoms with Gasteiger partial charge in [-0.1, -0.05) is 48.5 Å². The maximum atomic E-state index is 13.2. The summed E-state index contributed by atoms with van der Waals surface area (Å²) >= 11 is 12.4. The molecule has 1 amide bonds. The first kappa shape index (κ1) is 21.7. The number of benzene rings is 1. The van der Waals surface area contributed by atoms with Crippen molar-refractivity contribution < 1.29 is 19.4 Å². The van der Waals surface area contributed by atoms with Gasteiger partial charge in [-0.05, 0) is 37.1 Å². The van der Waals surface area contributed by atoms with Crippen molar-refractivity contribution in [2.75, 3.05) is 7.11 Å². The van der Waals surface area contributed by atoms with Crippen LogP contribution in [0.5, 0.6) is 5.75 Å². The van der Waals surface area contributed by atoms with Crippen LogP contribution in [0.2, 0.25) is 10.0 Å². The van der Waals surface area contributed by atoms with Crippen molar-refractivity contribution in [1.82, 2.24) is 9.88 Å². The van der Waals surface area contributed by atoms with Crippen LogP contribution >= 0.6 is 23.2 Å². The summed E-state index contributed by atoms with van der Waals surface area (Å²) < 4.78 is 5.35. The van der Waals surface area contributed by atoms with Crippen LogP contribution in [0.25, 0.3) is 5.76 Å². The quantitative estimate of drug-likeness (QED) is 0.387. The van der Waals surface area contributed by atoms with E-state index in [2.05, 4.69) is 4.98 Å². The first-order chi connectivity index (χ1) is 14.9. The Bertz CT molecular complexity index is 1050. The van der Waals surface area contributed by atoms with Gasteiger partial charge in [0.2, 0.25) is 0 Å². The van der Waals surface area contributed by atoms with Crippen LogP contribution in [-0.2, 0) is 9.59 Å². The van der Waals surface area contributed by atoms with Crippen molar-refractivity contribution in [1.29, 1.82) is 0 Å². The lowest BCUT2D eigenvalue weighted by Crippen LogP contribution is -2.40. The first-order valence-electron chi connectivity index (χ1n) is 10.2. The Morgan fingerprint density at radius 3 is 2.55 bits per heavy atom. The number of rotatable bonds is 4. The van der Waals surface area contributed by atoms with Crippen molar-refractivity contribution in [2.24, 2.45) is 0 Å². The molecule has 1 aliphatic heterocycles. The van der Waals surface area contributed by atoms with E-state index < -0.39 is 17.7 Å². The Balaban J connectivity index is 1.93. The molecule has 1 N–H and O–H groups in total. The van der Waals surface area contributed by atoms with Crippen LogP contribution in [-0.4, -0.2) is 39.8 Å². The molecule has 8 heteroatoms. The molecule has 1 saturated heterocycles. The van der Waals surface area contributed by atoms with Gasteiger partial charge in [-0.2, -0.15) is 0 Å². The number of Topliss-reactive ketones (excluding diaryl/α,β-unsaturated/α-hetero) is 1. The topological polar surface area (TPSA) is 79.7 Å². The minimum Gasteiger partial charge on any atom is -0.507 e. The van der Waals surface area contributed by atoms with Gasteiger partial charge in [-0.3, -0.25) is 14.6 Å². The minimum atomic E-state index is -0.799. The van der Waals surface area contributed by atoms with Gasteiger partial charge in [0, 0.05) is 17.3 Å². The summed E-state index contributed by atoms with van der Waals surface area (Å²) in [6.45, 7) is 0. The predicted molar refractivity (Wildman–Crippen MR) is 118 cm³/mol. The molecular weight excluding hydrogens is 439 g/mol. The number of ketones is 1. The molecule has 6 nitrogen and oxygen atoms in total. The Morgan fingerprint density at radius 1 is 1.16 bits per heavy atom. The average molecular weight is 461 g/mol. The number of aromatic nitrogens is 1. The molecule has 31 heavy (non-hydrogen) atoms. The predicted octanol–water partition coefficient (Wildman–Crippen LogP) is 5.15. The third kappa shape index (κ3) is 3.90. The summed E-state index contributed by atoms with van der Waals surface area (Å²) in [6.07, 6.45) is 6.30. The van der Waals surface area contributed by atoms with E-state index in [1.807, 2.05) is 0 Å². The summed E-state index contributed by atoms with van der Waals surface area (Å²) in [7, 11) is 1.41. The number of aliphatic hydroxyl groups excluding tert-OH is 1. The summed E-state index contributed by atoms with van der Waals surface area (Å²) in [5.74, 6) is -1.59. The van der Waals surface area contributed by atoms with Crippen molar-refractivity contribution >= 4 is 40.7 Å². The molecule has 162 valence electrons. The monoisotopic (exact) mass is 460 g/mol. The Morgan fingerprint density at radius 2 is 1.90 bits per heavy atom. The second-order valence-corrected chi connectivity index (χ2v) is 8.56. The molecule has 0 spiro atoms. The molecule has 4 rings (SSSR count). The van der Waals surface area contributed by atoms with Gasteiger partial charge in [0.05, 0.1) is 29.0 Å². The zero-order chi connectivity index (χ0) is 22.1. The number of ether oxygens (including phenoxy) is 1. The number of carbonyl (C=O) groups is 2. The standard InChI is InChI=1S/C23H22Cl2N2O4/c1-31-22-15(11-13(24)12-16(22)25)20(28)18-19(17-9-5-6-10-26-17)27(23(30)21(18)29)14-7-3-2-4-8-14/h5-6,9-12,14,19,28H,2-4,7-8H2,1H3/b20-18+. The molecule has 0 bridgehead atoms. The summed E-state index contributed by atoms with van der Waals surface area (Å²) in [5, 5.41) is 11.7. The van der Waals surface area contributed by atoms with Crippen molar-refractivity contribution in [3.63, 3.8) is 0 Å². The number of hydrogen-bond acceptors (Lipinski definition) is 5. The van der Waals surface area contributed by atoms with Crippen molar-refractivity contribution in [3.05, 3.63) is 63.4 Å². The normalized spacial score (nSPS) is 21.5. The number of pyridine rings is 1. The van der Waals surface area contributed by atoms with E-state index in [0.29, 0.717) is 5.69 Å². The summed E-state index contributed by atoms with van der Waals surface area (Å²) in [6, 6.07) is 7.36. The molecule has 2 heterocycles. The largest absolute Gasteiger partial charge is 0.507 e. The van der Waals surface area contributed by atoms with E-state index in [0.717, 1.165) is 32.1 Å². The van der Waals surface area contributed by atoms with Crippen LogP contribution in [0, 0.1) is 0 Å². The van der Waals surface area contributed by atoms with Crippen LogP contribution in [0.4, 0.5) is 0 Å². The van der Waals surface area contributed by atoms with E-state index >= 15 is 0 Å². The fourth-order valence-electron chi connectivity index (χ4n) is 4.50. The molecule has 2 aliphatic rings. The summed E-state index contributed by atoms with van der Waals surface area (Å²) in [4.78, 5) is 32.3. The number of carbonyl (C=O) groups excluding carboxylic acids is 2. The Labute approximate surface area is 190 Å². The van der Waals surface area contributed by atoms with Crippen LogP contribution < -0.4 is 4.74 Å². The number of likely N-dealkylation sites (tertiary alicyclic amines) is 1. The molecule has 1 aliphatic carbocycles. The average Bonchev–Trinajstić information content (AvgIpc) is 3.04. The smallest absolute Gasteiger partial charge is 0.295 e. The number of nitrogens with zero attached hydrogens (tertiary/aromatic N) is 2. The molecule has 1 aromatic heterocycles. The molecule has 2 aromatic rings. The molecule has 1 unspecified atom stereocenters. The van der Waals surface area contributed by atoms with Gasteiger partial charge in [-0.15, -0.1) is 0 Å². The fraction of sp³-hybridized carbons (Fsp3) is 0.348. The number of halogens is 2. The van der Waals surface area contributed by atoms with Gasteiger partial charge in [0.1, 0.15) is 17.6 Å². The highest BCUT2D eigenvalue weighted by molar-refractivity contribution is 6.47.